The number of rotatable bonds is 1. The van der Waals surface area contributed by atoms with Crippen LogP contribution in [0.5, 0.6) is 0 Å². The third-order valence-electron chi connectivity index (χ3n) is 10.3. The van der Waals surface area contributed by atoms with Crippen molar-refractivity contribution in [1.29, 1.82) is 0 Å². The lowest BCUT2D eigenvalue weighted by Gasteiger charge is -2.49. The highest BCUT2D eigenvalue weighted by Crippen LogP contribution is 2.72. The fraction of sp³-hybridized carbons (Fsp3) is 0.692. The van der Waals surface area contributed by atoms with Crippen molar-refractivity contribution in [3.63, 3.8) is 0 Å². The van der Waals surface area contributed by atoms with Crippen molar-refractivity contribution in [3.8, 4) is 0 Å². The minimum atomic E-state index is -0.745. The highest BCUT2D eigenvalue weighted by atomic mass is 16.3. The van der Waals surface area contributed by atoms with E-state index in [1.54, 1.807) is 5.57 Å². The predicted octanol–water partition coefficient (Wildman–Crippen LogP) is 6.18. The van der Waals surface area contributed by atoms with Gasteiger partial charge in [0.15, 0.2) is 0 Å². The van der Waals surface area contributed by atoms with Crippen molar-refractivity contribution < 1.29 is 5.11 Å². The Kier molecular flexibility index (Phi) is 3.52. The van der Waals surface area contributed by atoms with Crippen LogP contribution in [-0.2, 0) is 5.60 Å². The van der Waals surface area contributed by atoms with E-state index in [0.717, 1.165) is 23.8 Å². The lowest BCUT2D eigenvalue weighted by Crippen LogP contribution is -2.46. The van der Waals surface area contributed by atoms with Gasteiger partial charge in [0.25, 0.3) is 0 Å². The Morgan fingerprint density at radius 2 is 1.56 bits per heavy atom. The summed E-state index contributed by atoms with van der Waals surface area (Å²) < 4.78 is 0. The molecule has 1 heteroatoms. The van der Waals surface area contributed by atoms with Crippen molar-refractivity contribution in [2.45, 2.75) is 66.4 Å². The molecule has 1 nitrogen and oxygen atoms in total. The van der Waals surface area contributed by atoms with Crippen molar-refractivity contribution >= 4 is 0 Å². The van der Waals surface area contributed by atoms with Crippen LogP contribution in [0.4, 0.5) is 0 Å². The first-order valence-corrected chi connectivity index (χ1v) is 11.1. The molecule has 0 saturated heterocycles. The van der Waals surface area contributed by atoms with Gasteiger partial charge in [0, 0.05) is 0 Å². The molecular weight excluding hydrogens is 328 g/mol. The van der Waals surface area contributed by atoms with Crippen LogP contribution in [-0.4, -0.2) is 5.11 Å². The zero-order valence-electron chi connectivity index (χ0n) is 17.9. The van der Waals surface area contributed by atoms with Gasteiger partial charge in [0.05, 0.1) is 0 Å². The van der Waals surface area contributed by atoms with Gasteiger partial charge < -0.3 is 5.11 Å². The maximum atomic E-state index is 12.4. The van der Waals surface area contributed by atoms with Crippen LogP contribution in [0, 0.1) is 46.3 Å². The van der Waals surface area contributed by atoms with Crippen LogP contribution in [0.15, 0.2) is 41.5 Å². The first kappa shape index (κ1) is 18.0. The second-order valence-electron chi connectivity index (χ2n) is 11.4. The van der Waals surface area contributed by atoms with E-state index in [1.807, 2.05) is 0 Å². The summed E-state index contributed by atoms with van der Waals surface area (Å²) in [5.41, 5.74) is 4.23. The molecule has 5 rings (SSSR count). The summed E-state index contributed by atoms with van der Waals surface area (Å²) in [6, 6.07) is 10.6. The van der Waals surface area contributed by atoms with Gasteiger partial charge in [-0.2, -0.15) is 0 Å². The van der Waals surface area contributed by atoms with Crippen molar-refractivity contribution in [2.24, 2.45) is 46.3 Å². The standard InChI is InChI=1S/C26H36O/c1-15-19-12-18(24(15,3)4)13-20(19)23-22-14-21(16(2)25(22,5)6)26(23,27)17-10-8-7-9-11-17/h7-11,15-16,18-19,21-22,27H,12-14H2,1-6H3/b23-20-/t15-,16+,18+,19+,21-,22-,26+/m1/s1. The molecule has 1 aromatic rings. The molecule has 4 bridgehead atoms. The topological polar surface area (TPSA) is 20.2 Å². The van der Waals surface area contributed by atoms with E-state index < -0.39 is 5.60 Å². The molecule has 0 aromatic heterocycles. The normalized spacial score (nSPS) is 49.1. The Hall–Kier alpha value is -1.08. The molecule has 4 fully saturated rings. The van der Waals surface area contributed by atoms with Crippen LogP contribution >= 0.6 is 0 Å². The fourth-order valence-electron chi connectivity index (χ4n) is 7.84. The van der Waals surface area contributed by atoms with Crippen LogP contribution < -0.4 is 0 Å². The van der Waals surface area contributed by atoms with Gasteiger partial charge in [-0.25, -0.2) is 0 Å². The third kappa shape index (κ3) is 2.00. The summed E-state index contributed by atoms with van der Waals surface area (Å²) >= 11 is 0. The van der Waals surface area contributed by atoms with Crippen LogP contribution in [0.3, 0.4) is 0 Å². The number of hydrogen-bond donors (Lipinski definition) is 1. The molecule has 1 N–H and O–H groups in total. The molecule has 0 unspecified atom stereocenters. The molecule has 7 atom stereocenters. The van der Waals surface area contributed by atoms with Gasteiger partial charge in [0.1, 0.15) is 5.60 Å². The van der Waals surface area contributed by atoms with Gasteiger partial charge in [-0.15, -0.1) is 0 Å². The van der Waals surface area contributed by atoms with E-state index in [0.29, 0.717) is 29.1 Å². The SMILES string of the molecule is C[C@@H]1[C@@H]2C[C@@H](C/C2=C2\[C@H]3C[C@H]([C@H](C)C3(C)C)[C@@]2(O)c2ccccc2)C1(C)C. The number of benzene rings is 1. The molecule has 1 aromatic carbocycles. The Morgan fingerprint density at radius 3 is 2.15 bits per heavy atom. The third-order valence-corrected chi connectivity index (χ3v) is 10.3. The molecule has 0 spiro atoms. The molecule has 0 aliphatic heterocycles. The fourth-order valence-corrected chi connectivity index (χ4v) is 7.84. The van der Waals surface area contributed by atoms with Crippen LogP contribution in [0.2, 0.25) is 0 Å². The smallest absolute Gasteiger partial charge is 0.114 e. The molecule has 0 radical (unpaired) electrons. The van der Waals surface area contributed by atoms with Crippen LogP contribution in [0.25, 0.3) is 0 Å². The molecule has 4 aliphatic carbocycles. The molecule has 146 valence electrons. The van der Waals surface area contributed by atoms with Gasteiger partial charge in [-0.3, -0.25) is 0 Å². The van der Waals surface area contributed by atoms with Gasteiger partial charge in [0.2, 0.25) is 0 Å². The lowest BCUT2D eigenvalue weighted by atomic mass is 9.57. The zero-order valence-corrected chi connectivity index (χ0v) is 17.9. The maximum Gasteiger partial charge on any atom is 0.114 e. The molecule has 0 heterocycles. The van der Waals surface area contributed by atoms with Crippen LogP contribution in [0.1, 0.15) is 66.4 Å². The Balaban J connectivity index is 1.71. The van der Waals surface area contributed by atoms with E-state index in [4.69, 9.17) is 0 Å². The first-order valence-electron chi connectivity index (χ1n) is 11.1. The number of allylic oxidation sites excluding steroid dienone is 1. The van der Waals surface area contributed by atoms with E-state index in [2.05, 4.69) is 71.9 Å². The zero-order chi connectivity index (χ0) is 19.4. The van der Waals surface area contributed by atoms with E-state index in [9.17, 15) is 5.11 Å². The Morgan fingerprint density at radius 1 is 0.889 bits per heavy atom. The summed E-state index contributed by atoms with van der Waals surface area (Å²) in [7, 11) is 0. The van der Waals surface area contributed by atoms with Crippen molar-refractivity contribution in [3.05, 3.63) is 47.0 Å². The van der Waals surface area contributed by atoms with E-state index in [1.165, 1.54) is 18.4 Å². The molecule has 4 saturated carbocycles. The largest absolute Gasteiger partial charge is 0.380 e. The molecule has 27 heavy (non-hydrogen) atoms. The molecule has 0 amide bonds. The van der Waals surface area contributed by atoms with E-state index in [-0.39, 0.29) is 5.41 Å². The lowest BCUT2D eigenvalue weighted by molar-refractivity contribution is -0.0315. The summed E-state index contributed by atoms with van der Waals surface area (Å²) in [5, 5.41) is 12.4. The number of fused-ring (bicyclic) bond motifs is 4. The summed E-state index contributed by atoms with van der Waals surface area (Å²) in [6.07, 6.45) is 3.72. The summed E-state index contributed by atoms with van der Waals surface area (Å²) in [4.78, 5) is 0. The van der Waals surface area contributed by atoms with Gasteiger partial charge in [-0.1, -0.05) is 77.4 Å². The average molecular weight is 365 g/mol. The summed E-state index contributed by atoms with van der Waals surface area (Å²) in [6.45, 7) is 14.7. The highest BCUT2D eigenvalue weighted by molar-refractivity contribution is 5.47. The minimum Gasteiger partial charge on any atom is -0.380 e. The quantitative estimate of drug-likeness (QED) is 0.590. The van der Waals surface area contributed by atoms with Crippen molar-refractivity contribution in [2.75, 3.05) is 0 Å². The predicted molar refractivity (Wildman–Crippen MR) is 111 cm³/mol. The average Bonchev–Trinajstić information content (AvgIpc) is 3.31. The second-order valence-corrected chi connectivity index (χ2v) is 11.4. The Bertz CT molecular complexity index is 797. The number of aliphatic hydroxyl groups is 1. The van der Waals surface area contributed by atoms with Gasteiger partial charge in [-0.05, 0) is 76.7 Å². The summed E-state index contributed by atoms with van der Waals surface area (Å²) in [5.74, 6) is 3.63. The molecular formula is C26H36O. The Labute approximate surface area is 165 Å². The number of hydrogen-bond acceptors (Lipinski definition) is 1. The second kappa shape index (κ2) is 5.29. The minimum absolute atomic E-state index is 0.286. The van der Waals surface area contributed by atoms with Crippen molar-refractivity contribution in [1.82, 2.24) is 0 Å². The highest BCUT2D eigenvalue weighted by Gasteiger charge is 2.67. The molecule has 4 aliphatic rings. The van der Waals surface area contributed by atoms with E-state index >= 15 is 0 Å². The monoisotopic (exact) mass is 364 g/mol. The van der Waals surface area contributed by atoms with Gasteiger partial charge >= 0.3 is 0 Å². The maximum absolute atomic E-state index is 12.4. The first-order chi connectivity index (χ1) is 12.6.